The number of fused-ring (bicyclic) bond motifs is 1. The van der Waals surface area contributed by atoms with Crippen molar-refractivity contribution in [3.05, 3.63) is 96.4 Å². The second-order valence-electron chi connectivity index (χ2n) is 9.65. The lowest BCUT2D eigenvalue weighted by atomic mass is 9.92. The molecule has 2 heterocycles. The fraction of sp³-hybridized carbons (Fsp3) is 0.226. The molecule has 1 amide bonds. The van der Waals surface area contributed by atoms with Gasteiger partial charge in [0, 0.05) is 30.2 Å². The first-order valence-corrected chi connectivity index (χ1v) is 13.0. The number of anilines is 2. The third-order valence-corrected chi connectivity index (χ3v) is 5.94. The van der Waals surface area contributed by atoms with E-state index in [0.717, 1.165) is 22.2 Å². The van der Waals surface area contributed by atoms with Gasteiger partial charge < -0.3 is 15.4 Å². The second kappa shape index (κ2) is 11.8. The molecule has 5 aromatic rings. The highest BCUT2D eigenvalue weighted by Gasteiger charge is 2.22. The Morgan fingerprint density at radius 3 is 2.38 bits per heavy atom. The van der Waals surface area contributed by atoms with Crippen LogP contribution in [0.1, 0.15) is 50.7 Å². The number of aromatic nitrogens is 4. The van der Waals surface area contributed by atoms with Crippen LogP contribution >= 0.6 is 0 Å². The molecule has 0 aliphatic rings. The van der Waals surface area contributed by atoms with Gasteiger partial charge in [-0.1, -0.05) is 65.0 Å². The Labute approximate surface area is 229 Å². The molecule has 39 heavy (non-hydrogen) atoms. The molecule has 0 spiro atoms. The first kappa shape index (κ1) is 27.3. The maximum atomic E-state index is 13.5. The first-order valence-electron chi connectivity index (χ1n) is 13.0. The van der Waals surface area contributed by atoms with Gasteiger partial charge in [-0.3, -0.25) is 4.79 Å². The van der Waals surface area contributed by atoms with Gasteiger partial charge in [0.2, 0.25) is 5.88 Å². The standard InChI is InChI=1S/C29H28N6O2.C2H6/c1-29(2,3)24-16-26(35(34-24)20-10-6-5-7-11-20)33-28(36)23-12-8-9-19-15-21(13-14-22(19)23)37-27-17-25(30-4)31-18-32-27;1-2/h5-18H,1-4H3,(H,33,36)(H,30,31,32);1-2H3. The predicted octanol–water partition coefficient (Wildman–Crippen LogP) is 7.23. The molecule has 0 aliphatic carbocycles. The number of hydrogen-bond donors (Lipinski definition) is 2. The van der Waals surface area contributed by atoms with Crippen molar-refractivity contribution in [3.63, 3.8) is 0 Å². The molecule has 2 N–H and O–H groups in total. The van der Waals surface area contributed by atoms with E-state index in [0.29, 0.717) is 28.8 Å². The summed E-state index contributed by atoms with van der Waals surface area (Å²) in [6, 6.07) is 24.7. The summed E-state index contributed by atoms with van der Waals surface area (Å²) in [6.45, 7) is 10.3. The Balaban J connectivity index is 0.00000172. The number of carbonyl (C=O) groups excluding carboxylic acids is 1. The summed E-state index contributed by atoms with van der Waals surface area (Å²) in [5.41, 5.74) is 2.14. The summed E-state index contributed by atoms with van der Waals surface area (Å²) in [4.78, 5) is 21.8. The predicted molar refractivity (Wildman–Crippen MR) is 157 cm³/mol. The molecular formula is C31H34N6O2. The summed E-state index contributed by atoms with van der Waals surface area (Å²) in [6.07, 6.45) is 1.44. The lowest BCUT2D eigenvalue weighted by Gasteiger charge is -2.14. The average Bonchev–Trinajstić information content (AvgIpc) is 3.38. The fourth-order valence-corrected chi connectivity index (χ4v) is 3.96. The molecule has 3 aromatic carbocycles. The maximum absolute atomic E-state index is 13.5. The maximum Gasteiger partial charge on any atom is 0.257 e. The lowest BCUT2D eigenvalue weighted by Crippen LogP contribution is -2.15. The van der Waals surface area contributed by atoms with Crippen molar-refractivity contribution in [1.82, 2.24) is 19.7 Å². The SMILES string of the molecule is CC.CNc1cc(Oc2ccc3c(C(=O)Nc4cc(C(C)(C)C)nn4-c4ccccc4)cccc3c2)ncn1. The molecule has 0 radical (unpaired) electrons. The van der Waals surface area contributed by atoms with Gasteiger partial charge in [-0.2, -0.15) is 5.10 Å². The first-order chi connectivity index (χ1) is 18.8. The smallest absolute Gasteiger partial charge is 0.257 e. The molecule has 0 fully saturated rings. The van der Waals surface area contributed by atoms with Crippen LogP contribution in [0.25, 0.3) is 16.5 Å². The van der Waals surface area contributed by atoms with E-state index in [9.17, 15) is 4.79 Å². The van der Waals surface area contributed by atoms with Gasteiger partial charge in [-0.05, 0) is 47.2 Å². The molecule has 8 heteroatoms. The van der Waals surface area contributed by atoms with E-state index in [2.05, 4.69) is 41.4 Å². The minimum absolute atomic E-state index is 0.174. The Morgan fingerprint density at radius 2 is 1.67 bits per heavy atom. The molecule has 8 nitrogen and oxygen atoms in total. The number of rotatable bonds is 6. The number of para-hydroxylation sites is 1. The van der Waals surface area contributed by atoms with Crippen LogP contribution < -0.4 is 15.4 Å². The highest BCUT2D eigenvalue weighted by atomic mass is 16.5. The van der Waals surface area contributed by atoms with E-state index < -0.39 is 0 Å². The van der Waals surface area contributed by atoms with Crippen LogP contribution in [-0.4, -0.2) is 32.7 Å². The van der Waals surface area contributed by atoms with Gasteiger partial charge in [0.25, 0.3) is 5.91 Å². The summed E-state index contributed by atoms with van der Waals surface area (Å²) in [5.74, 6) is 2.10. The molecule has 0 saturated heterocycles. The number of hydrogen-bond acceptors (Lipinski definition) is 6. The number of nitrogens with zero attached hydrogens (tertiary/aromatic N) is 4. The van der Waals surface area contributed by atoms with E-state index in [1.54, 1.807) is 17.8 Å². The number of nitrogens with one attached hydrogen (secondary N) is 2. The van der Waals surface area contributed by atoms with E-state index in [1.807, 2.05) is 86.6 Å². The minimum Gasteiger partial charge on any atom is -0.439 e. The number of carbonyl (C=O) groups is 1. The van der Waals surface area contributed by atoms with Crippen molar-refractivity contribution in [2.24, 2.45) is 0 Å². The minimum atomic E-state index is -0.216. The van der Waals surface area contributed by atoms with Gasteiger partial charge in [0.1, 0.15) is 23.7 Å². The normalized spacial score (nSPS) is 10.9. The molecule has 0 bridgehead atoms. The average molecular weight is 523 g/mol. The second-order valence-corrected chi connectivity index (χ2v) is 9.65. The van der Waals surface area contributed by atoms with Gasteiger partial charge in [0.15, 0.2) is 0 Å². The van der Waals surface area contributed by atoms with E-state index in [1.165, 1.54) is 6.33 Å². The lowest BCUT2D eigenvalue weighted by molar-refractivity contribution is 0.102. The molecule has 200 valence electrons. The Bertz CT molecular complexity index is 1570. The van der Waals surface area contributed by atoms with Crippen LogP contribution in [0, 0.1) is 0 Å². The fourth-order valence-electron chi connectivity index (χ4n) is 3.96. The van der Waals surface area contributed by atoms with Crippen molar-refractivity contribution in [3.8, 4) is 17.3 Å². The van der Waals surface area contributed by atoms with Gasteiger partial charge in [-0.15, -0.1) is 0 Å². The van der Waals surface area contributed by atoms with Crippen molar-refractivity contribution < 1.29 is 9.53 Å². The molecular weight excluding hydrogens is 488 g/mol. The van der Waals surface area contributed by atoms with Crippen LogP contribution in [0.2, 0.25) is 0 Å². The zero-order chi connectivity index (χ0) is 28.0. The summed E-state index contributed by atoms with van der Waals surface area (Å²) in [7, 11) is 1.78. The van der Waals surface area contributed by atoms with Gasteiger partial charge in [-0.25, -0.2) is 14.6 Å². The van der Waals surface area contributed by atoms with Gasteiger partial charge >= 0.3 is 0 Å². The zero-order valence-corrected chi connectivity index (χ0v) is 23.2. The van der Waals surface area contributed by atoms with Crippen LogP contribution in [-0.2, 0) is 5.41 Å². The molecule has 2 aromatic heterocycles. The summed E-state index contributed by atoms with van der Waals surface area (Å²) in [5, 5.41) is 12.5. The summed E-state index contributed by atoms with van der Waals surface area (Å²) >= 11 is 0. The number of benzene rings is 3. The summed E-state index contributed by atoms with van der Waals surface area (Å²) < 4.78 is 7.70. The van der Waals surface area contributed by atoms with Gasteiger partial charge in [0.05, 0.1) is 11.4 Å². The monoisotopic (exact) mass is 522 g/mol. The molecule has 5 rings (SSSR count). The zero-order valence-electron chi connectivity index (χ0n) is 23.2. The van der Waals surface area contributed by atoms with E-state index >= 15 is 0 Å². The molecule has 0 aliphatic heterocycles. The molecule has 0 atom stereocenters. The molecule has 0 unspecified atom stereocenters. The topological polar surface area (TPSA) is 94.0 Å². The van der Waals surface area contributed by atoms with Crippen LogP contribution in [0.5, 0.6) is 11.6 Å². The highest BCUT2D eigenvalue weighted by molar-refractivity contribution is 6.13. The highest BCUT2D eigenvalue weighted by Crippen LogP contribution is 2.29. The Kier molecular flexibility index (Phi) is 8.24. The van der Waals surface area contributed by atoms with Crippen molar-refractivity contribution in [2.75, 3.05) is 17.7 Å². The third kappa shape index (κ3) is 6.23. The van der Waals surface area contributed by atoms with Crippen molar-refractivity contribution in [2.45, 2.75) is 40.0 Å². The molecule has 0 saturated carbocycles. The largest absolute Gasteiger partial charge is 0.439 e. The quantitative estimate of drug-likeness (QED) is 0.244. The van der Waals surface area contributed by atoms with Crippen LogP contribution in [0.4, 0.5) is 11.6 Å². The number of ether oxygens (including phenoxy) is 1. The van der Waals surface area contributed by atoms with Crippen LogP contribution in [0.3, 0.4) is 0 Å². The number of amides is 1. The van der Waals surface area contributed by atoms with Crippen LogP contribution in [0.15, 0.2) is 85.2 Å². The van der Waals surface area contributed by atoms with Crippen molar-refractivity contribution in [1.29, 1.82) is 0 Å². The van der Waals surface area contributed by atoms with E-state index in [-0.39, 0.29) is 11.3 Å². The Morgan fingerprint density at radius 1 is 0.897 bits per heavy atom. The van der Waals surface area contributed by atoms with E-state index in [4.69, 9.17) is 9.84 Å². The Hall–Kier alpha value is -4.72. The van der Waals surface area contributed by atoms with Crippen molar-refractivity contribution >= 4 is 28.3 Å². The third-order valence-electron chi connectivity index (χ3n) is 5.94.